The molecule has 0 spiro atoms. The van der Waals surface area contributed by atoms with Gasteiger partial charge in [-0.3, -0.25) is 14.9 Å². The molecule has 0 bridgehead atoms. The second kappa shape index (κ2) is 7.18. The van der Waals surface area contributed by atoms with Crippen LogP contribution in [-0.2, 0) is 4.79 Å². The number of anilines is 1. The Bertz CT molecular complexity index is 803. The van der Waals surface area contributed by atoms with Gasteiger partial charge in [0.1, 0.15) is 11.4 Å². The number of hydrogen-bond acceptors (Lipinski definition) is 5. The summed E-state index contributed by atoms with van der Waals surface area (Å²) >= 11 is 6.66. The lowest BCUT2D eigenvalue weighted by Gasteiger charge is -2.14. The molecule has 0 fully saturated rings. The Balaban J connectivity index is 2.39. The average Bonchev–Trinajstić information content (AvgIpc) is 2.51. The normalized spacial score (nSPS) is 11.8. The number of carboxylic acids is 1. The molecule has 0 amide bonds. The Morgan fingerprint density at radius 3 is 2.38 bits per heavy atom. The molecule has 2 aromatic carbocycles. The van der Waals surface area contributed by atoms with Crippen LogP contribution in [0.2, 0.25) is 0 Å². The predicted molar refractivity (Wildman–Crippen MR) is 95.5 cm³/mol. The molecule has 3 N–H and O–H groups in total. The van der Waals surface area contributed by atoms with Crippen LogP contribution in [0.25, 0.3) is 0 Å². The first-order valence-corrected chi connectivity index (χ1v) is 8.22. The number of nitrogens with zero attached hydrogens (tertiary/aromatic N) is 1. The highest BCUT2D eigenvalue weighted by Gasteiger charge is 2.19. The SMILES string of the molecule is CC(C(=O)O)c1cc(Br)c(Oc2ccc(N)c([N+](=O)[O-])c2)c(Br)c1. The van der Waals surface area contributed by atoms with Crippen molar-refractivity contribution in [3.63, 3.8) is 0 Å². The van der Waals surface area contributed by atoms with Gasteiger partial charge in [0.05, 0.1) is 25.9 Å². The van der Waals surface area contributed by atoms with Crippen LogP contribution in [-0.4, -0.2) is 16.0 Å². The number of nitro groups is 1. The van der Waals surface area contributed by atoms with Gasteiger partial charge in [0.25, 0.3) is 5.69 Å². The third-order valence-electron chi connectivity index (χ3n) is 3.31. The van der Waals surface area contributed by atoms with E-state index in [4.69, 9.17) is 15.6 Å². The molecule has 0 radical (unpaired) electrons. The van der Waals surface area contributed by atoms with Crippen molar-refractivity contribution >= 4 is 49.2 Å². The number of halogens is 2. The van der Waals surface area contributed by atoms with E-state index in [-0.39, 0.29) is 17.1 Å². The van der Waals surface area contributed by atoms with E-state index in [1.165, 1.54) is 18.2 Å². The summed E-state index contributed by atoms with van der Waals surface area (Å²) in [5.74, 6) is -1.03. The standard InChI is InChI=1S/C15H12Br2N2O5/c1-7(15(20)21)8-4-10(16)14(11(17)5-8)24-9-2-3-12(18)13(6-9)19(22)23/h2-7H,18H2,1H3,(H,20,21). The van der Waals surface area contributed by atoms with Gasteiger partial charge < -0.3 is 15.6 Å². The lowest BCUT2D eigenvalue weighted by atomic mass is 10.0. The number of carboxylic acid groups (broad SMARTS) is 1. The second-order valence-electron chi connectivity index (χ2n) is 4.95. The second-order valence-corrected chi connectivity index (χ2v) is 6.66. The molecule has 9 heteroatoms. The van der Waals surface area contributed by atoms with Gasteiger partial charge in [-0.05, 0) is 68.6 Å². The summed E-state index contributed by atoms with van der Waals surface area (Å²) in [6, 6.07) is 7.38. The summed E-state index contributed by atoms with van der Waals surface area (Å²) in [4.78, 5) is 21.4. The molecular formula is C15H12Br2N2O5. The maximum absolute atomic E-state index is 11.1. The quantitative estimate of drug-likeness (QED) is 0.381. The van der Waals surface area contributed by atoms with E-state index in [2.05, 4.69) is 31.9 Å². The molecule has 0 aliphatic rings. The van der Waals surface area contributed by atoms with E-state index in [9.17, 15) is 14.9 Å². The summed E-state index contributed by atoms with van der Waals surface area (Å²) in [6.45, 7) is 1.57. The molecule has 1 unspecified atom stereocenters. The molecule has 24 heavy (non-hydrogen) atoms. The van der Waals surface area contributed by atoms with Crippen molar-refractivity contribution in [2.45, 2.75) is 12.8 Å². The zero-order chi connectivity index (χ0) is 18.0. The van der Waals surface area contributed by atoms with Gasteiger partial charge >= 0.3 is 5.97 Å². The smallest absolute Gasteiger partial charge is 0.310 e. The molecule has 0 aliphatic heterocycles. The molecule has 126 valence electrons. The van der Waals surface area contributed by atoms with E-state index < -0.39 is 16.8 Å². The fraction of sp³-hybridized carbons (Fsp3) is 0.133. The highest BCUT2D eigenvalue weighted by molar-refractivity contribution is 9.11. The molecular weight excluding hydrogens is 448 g/mol. The number of rotatable bonds is 5. The Labute approximate surface area is 153 Å². The Kier molecular flexibility index (Phi) is 5.45. The number of nitrogen functional groups attached to an aromatic ring is 1. The number of carbonyl (C=O) groups is 1. The van der Waals surface area contributed by atoms with Crippen molar-refractivity contribution in [3.05, 3.63) is 55.0 Å². The van der Waals surface area contributed by atoms with Gasteiger partial charge in [0.2, 0.25) is 0 Å². The third kappa shape index (κ3) is 3.85. The number of benzene rings is 2. The monoisotopic (exact) mass is 458 g/mol. The van der Waals surface area contributed by atoms with Crippen LogP contribution < -0.4 is 10.5 Å². The van der Waals surface area contributed by atoms with E-state index in [1.54, 1.807) is 19.1 Å². The lowest BCUT2D eigenvalue weighted by molar-refractivity contribution is -0.384. The number of ether oxygens (including phenoxy) is 1. The van der Waals surface area contributed by atoms with Gasteiger partial charge in [-0.25, -0.2) is 0 Å². The van der Waals surface area contributed by atoms with Crippen molar-refractivity contribution in [2.24, 2.45) is 0 Å². The Hall–Kier alpha value is -2.13. The highest BCUT2D eigenvalue weighted by atomic mass is 79.9. The minimum absolute atomic E-state index is 0.0381. The van der Waals surface area contributed by atoms with E-state index in [0.29, 0.717) is 20.3 Å². The number of aliphatic carboxylic acids is 1. The average molecular weight is 460 g/mol. The first kappa shape index (κ1) is 18.2. The van der Waals surface area contributed by atoms with Crippen LogP contribution in [0.5, 0.6) is 11.5 Å². The van der Waals surface area contributed by atoms with Gasteiger partial charge in [0, 0.05) is 0 Å². The number of nitro benzene ring substituents is 1. The zero-order valence-electron chi connectivity index (χ0n) is 12.3. The van der Waals surface area contributed by atoms with E-state index >= 15 is 0 Å². The molecule has 2 aromatic rings. The van der Waals surface area contributed by atoms with Crippen LogP contribution >= 0.6 is 31.9 Å². The topological polar surface area (TPSA) is 116 Å². The largest absolute Gasteiger partial charge is 0.481 e. The maximum Gasteiger partial charge on any atom is 0.310 e. The van der Waals surface area contributed by atoms with Crippen molar-refractivity contribution in [3.8, 4) is 11.5 Å². The highest BCUT2D eigenvalue weighted by Crippen LogP contribution is 2.40. The molecule has 1 atom stereocenters. The molecule has 0 saturated carbocycles. The predicted octanol–water partition coefficient (Wildman–Crippen LogP) is 4.68. The van der Waals surface area contributed by atoms with E-state index in [0.717, 1.165) is 0 Å². The zero-order valence-corrected chi connectivity index (χ0v) is 15.5. The molecule has 2 rings (SSSR count). The Morgan fingerprint density at radius 2 is 1.88 bits per heavy atom. The van der Waals surface area contributed by atoms with Crippen LogP contribution in [0, 0.1) is 10.1 Å². The minimum atomic E-state index is -0.948. The molecule has 0 heterocycles. The first-order valence-electron chi connectivity index (χ1n) is 6.64. The summed E-state index contributed by atoms with van der Waals surface area (Å²) in [5, 5.41) is 20.0. The lowest BCUT2D eigenvalue weighted by Crippen LogP contribution is -2.07. The van der Waals surface area contributed by atoms with Crippen molar-refractivity contribution in [1.29, 1.82) is 0 Å². The minimum Gasteiger partial charge on any atom is -0.481 e. The molecule has 7 nitrogen and oxygen atoms in total. The molecule has 0 aromatic heterocycles. The van der Waals surface area contributed by atoms with Crippen LogP contribution in [0.3, 0.4) is 0 Å². The summed E-state index contributed by atoms with van der Waals surface area (Å²) in [6.07, 6.45) is 0. The number of hydrogen-bond donors (Lipinski definition) is 2. The van der Waals surface area contributed by atoms with Gasteiger partial charge in [0.15, 0.2) is 5.75 Å². The third-order valence-corrected chi connectivity index (χ3v) is 4.49. The summed E-state index contributed by atoms with van der Waals surface area (Å²) in [5.41, 5.74) is 5.92. The van der Waals surface area contributed by atoms with Crippen LogP contribution in [0.15, 0.2) is 39.3 Å². The summed E-state index contributed by atoms with van der Waals surface area (Å²) in [7, 11) is 0. The van der Waals surface area contributed by atoms with Crippen LogP contribution in [0.1, 0.15) is 18.4 Å². The van der Waals surface area contributed by atoms with Crippen molar-refractivity contribution < 1.29 is 19.6 Å². The Morgan fingerprint density at radius 1 is 1.29 bits per heavy atom. The molecule has 0 saturated heterocycles. The van der Waals surface area contributed by atoms with Crippen molar-refractivity contribution in [1.82, 2.24) is 0 Å². The number of nitrogens with two attached hydrogens (primary N) is 1. The van der Waals surface area contributed by atoms with Crippen LogP contribution in [0.4, 0.5) is 11.4 Å². The fourth-order valence-corrected chi connectivity index (χ4v) is 3.32. The summed E-state index contributed by atoms with van der Waals surface area (Å²) < 4.78 is 6.71. The van der Waals surface area contributed by atoms with Gasteiger partial charge in [-0.2, -0.15) is 0 Å². The molecule has 0 aliphatic carbocycles. The van der Waals surface area contributed by atoms with Gasteiger partial charge in [-0.1, -0.05) is 0 Å². The van der Waals surface area contributed by atoms with E-state index in [1.807, 2.05) is 0 Å². The fourth-order valence-electron chi connectivity index (χ4n) is 1.93. The van der Waals surface area contributed by atoms with Gasteiger partial charge in [-0.15, -0.1) is 0 Å². The van der Waals surface area contributed by atoms with Crippen molar-refractivity contribution in [2.75, 3.05) is 5.73 Å². The maximum atomic E-state index is 11.1. The first-order chi connectivity index (χ1) is 11.2.